The fraction of sp³-hybridized carbons (Fsp3) is 0.750. The van der Waals surface area contributed by atoms with E-state index in [4.69, 9.17) is 21.1 Å². The monoisotopic (exact) mass is 221 g/mol. The lowest BCUT2D eigenvalue weighted by atomic mass is 10.3. The van der Waals surface area contributed by atoms with Crippen LogP contribution in [0.1, 0.15) is 6.92 Å². The zero-order valence-corrected chi connectivity index (χ0v) is 8.62. The van der Waals surface area contributed by atoms with Crippen molar-refractivity contribution in [3.63, 3.8) is 0 Å². The van der Waals surface area contributed by atoms with Crippen LogP contribution in [0.25, 0.3) is 0 Å². The SMILES string of the molecule is CCOC(=O)C1CN(C(=O)Cl)CCO1. The van der Waals surface area contributed by atoms with E-state index in [1.807, 2.05) is 0 Å². The lowest BCUT2D eigenvalue weighted by molar-refractivity contribution is -0.160. The highest BCUT2D eigenvalue weighted by molar-refractivity contribution is 6.62. The van der Waals surface area contributed by atoms with Crippen LogP contribution >= 0.6 is 11.6 Å². The third-order valence-electron chi connectivity index (χ3n) is 1.86. The zero-order valence-electron chi connectivity index (χ0n) is 7.86. The largest absolute Gasteiger partial charge is 0.464 e. The summed E-state index contributed by atoms with van der Waals surface area (Å²) < 4.78 is 9.91. The summed E-state index contributed by atoms with van der Waals surface area (Å²) in [7, 11) is 0. The molecule has 0 spiro atoms. The number of halogens is 1. The summed E-state index contributed by atoms with van der Waals surface area (Å²) in [4.78, 5) is 23.4. The average Bonchev–Trinajstić information content (AvgIpc) is 2.18. The van der Waals surface area contributed by atoms with Gasteiger partial charge in [0.15, 0.2) is 6.10 Å². The molecule has 5 nitrogen and oxygen atoms in total. The first kappa shape index (κ1) is 11.3. The quantitative estimate of drug-likeness (QED) is 0.390. The molecule has 0 radical (unpaired) electrons. The molecule has 1 unspecified atom stereocenters. The van der Waals surface area contributed by atoms with E-state index in [1.54, 1.807) is 6.92 Å². The third kappa shape index (κ3) is 2.85. The summed E-state index contributed by atoms with van der Waals surface area (Å²) in [5.41, 5.74) is 0. The standard InChI is InChI=1S/C8H12ClNO4/c1-2-13-7(11)6-5-10(8(9)12)3-4-14-6/h6H,2-5H2,1H3. The molecule has 80 valence electrons. The predicted octanol–water partition coefficient (Wildman–Crippen LogP) is 0.609. The number of ether oxygens (including phenoxy) is 2. The van der Waals surface area contributed by atoms with E-state index in [9.17, 15) is 9.59 Å². The molecule has 0 saturated carbocycles. The van der Waals surface area contributed by atoms with Crippen LogP contribution in [0.15, 0.2) is 0 Å². The molecule has 0 aromatic heterocycles. The van der Waals surface area contributed by atoms with E-state index < -0.39 is 17.4 Å². The van der Waals surface area contributed by atoms with Gasteiger partial charge in [0, 0.05) is 6.54 Å². The summed E-state index contributed by atoms with van der Waals surface area (Å²) in [5, 5.41) is -0.567. The molecular formula is C8H12ClNO4. The molecule has 0 bridgehead atoms. The van der Waals surface area contributed by atoms with Crippen LogP contribution in [0.5, 0.6) is 0 Å². The first-order valence-corrected chi connectivity index (χ1v) is 4.75. The number of hydrogen-bond acceptors (Lipinski definition) is 4. The highest BCUT2D eigenvalue weighted by Gasteiger charge is 2.29. The van der Waals surface area contributed by atoms with E-state index >= 15 is 0 Å². The Morgan fingerprint density at radius 3 is 2.93 bits per heavy atom. The van der Waals surface area contributed by atoms with Crippen LogP contribution in [0.4, 0.5) is 4.79 Å². The molecule has 0 aromatic carbocycles. The van der Waals surface area contributed by atoms with Crippen molar-refractivity contribution in [1.29, 1.82) is 0 Å². The molecule has 1 aliphatic heterocycles. The molecule has 1 aliphatic rings. The van der Waals surface area contributed by atoms with Crippen molar-refractivity contribution in [2.75, 3.05) is 26.3 Å². The Bertz CT molecular complexity index is 233. The van der Waals surface area contributed by atoms with Crippen molar-refractivity contribution >= 4 is 22.9 Å². The Morgan fingerprint density at radius 2 is 2.36 bits per heavy atom. The molecular weight excluding hydrogens is 210 g/mol. The normalized spacial score (nSPS) is 21.9. The fourth-order valence-electron chi connectivity index (χ4n) is 1.19. The lowest BCUT2D eigenvalue weighted by Gasteiger charge is -2.29. The summed E-state index contributed by atoms with van der Waals surface area (Å²) in [6.45, 7) is 2.90. The Labute approximate surface area is 86.9 Å². The maximum Gasteiger partial charge on any atom is 0.337 e. The highest BCUT2D eigenvalue weighted by atomic mass is 35.5. The third-order valence-corrected chi connectivity index (χ3v) is 2.10. The molecule has 1 amide bonds. The number of rotatable bonds is 2. The van der Waals surface area contributed by atoms with E-state index in [-0.39, 0.29) is 6.54 Å². The maximum absolute atomic E-state index is 11.2. The predicted molar refractivity (Wildman–Crippen MR) is 49.2 cm³/mol. The van der Waals surface area contributed by atoms with Gasteiger partial charge in [-0.1, -0.05) is 0 Å². The van der Waals surface area contributed by atoms with Crippen LogP contribution in [-0.2, 0) is 14.3 Å². The van der Waals surface area contributed by atoms with Crippen LogP contribution in [0.3, 0.4) is 0 Å². The molecule has 1 rings (SSSR count). The Kier molecular flexibility index (Phi) is 4.16. The van der Waals surface area contributed by atoms with Crippen LogP contribution < -0.4 is 0 Å². The molecule has 0 aromatic rings. The van der Waals surface area contributed by atoms with Crippen LogP contribution in [0, 0.1) is 0 Å². The van der Waals surface area contributed by atoms with E-state index in [2.05, 4.69) is 0 Å². The molecule has 0 aliphatic carbocycles. The van der Waals surface area contributed by atoms with Gasteiger partial charge in [0.05, 0.1) is 19.8 Å². The Balaban J connectivity index is 2.47. The molecule has 0 N–H and O–H groups in total. The van der Waals surface area contributed by atoms with Gasteiger partial charge in [-0.15, -0.1) is 0 Å². The van der Waals surface area contributed by atoms with Gasteiger partial charge in [-0.05, 0) is 18.5 Å². The molecule has 1 atom stereocenters. The first-order chi connectivity index (χ1) is 6.65. The minimum atomic E-state index is -0.702. The van der Waals surface area contributed by atoms with Gasteiger partial charge in [0.2, 0.25) is 0 Å². The van der Waals surface area contributed by atoms with Crippen molar-refractivity contribution in [3.05, 3.63) is 0 Å². The topological polar surface area (TPSA) is 55.8 Å². The number of nitrogens with zero attached hydrogens (tertiary/aromatic N) is 1. The van der Waals surface area contributed by atoms with Crippen LogP contribution in [-0.4, -0.2) is 48.6 Å². The maximum atomic E-state index is 11.2. The minimum Gasteiger partial charge on any atom is -0.464 e. The number of hydrogen-bond donors (Lipinski definition) is 0. The van der Waals surface area contributed by atoms with Gasteiger partial charge in [-0.3, -0.25) is 4.79 Å². The first-order valence-electron chi connectivity index (χ1n) is 4.37. The Morgan fingerprint density at radius 1 is 1.64 bits per heavy atom. The second-order valence-electron chi connectivity index (χ2n) is 2.81. The van der Waals surface area contributed by atoms with Crippen LogP contribution in [0.2, 0.25) is 0 Å². The molecule has 1 fully saturated rings. The Hall–Kier alpha value is -0.810. The molecule has 1 saturated heterocycles. The van der Waals surface area contributed by atoms with E-state index in [1.165, 1.54) is 4.90 Å². The van der Waals surface area contributed by atoms with Gasteiger partial charge >= 0.3 is 11.3 Å². The van der Waals surface area contributed by atoms with Gasteiger partial charge in [0.25, 0.3) is 0 Å². The second kappa shape index (κ2) is 5.17. The van der Waals surface area contributed by atoms with Crippen molar-refractivity contribution in [2.45, 2.75) is 13.0 Å². The summed E-state index contributed by atoms with van der Waals surface area (Å²) in [6.07, 6.45) is -0.702. The number of amides is 1. The fourth-order valence-corrected chi connectivity index (χ4v) is 1.34. The zero-order chi connectivity index (χ0) is 10.6. The summed E-state index contributed by atoms with van der Waals surface area (Å²) >= 11 is 5.28. The summed E-state index contributed by atoms with van der Waals surface area (Å²) in [5.74, 6) is -0.449. The lowest BCUT2D eigenvalue weighted by Crippen LogP contribution is -2.47. The van der Waals surface area contributed by atoms with Crippen molar-refractivity contribution in [1.82, 2.24) is 4.90 Å². The van der Waals surface area contributed by atoms with Crippen molar-refractivity contribution in [3.8, 4) is 0 Å². The minimum absolute atomic E-state index is 0.168. The van der Waals surface area contributed by atoms with Gasteiger partial charge in [0.1, 0.15) is 0 Å². The number of carbonyl (C=O) groups excluding carboxylic acids is 2. The summed E-state index contributed by atoms with van der Waals surface area (Å²) in [6, 6.07) is 0. The smallest absolute Gasteiger partial charge is 0.337 e. The molecule has 1 heterocycles. The van der Waals surface area contributed by atoms with E-state index in [0.717, 1.165) is 0 Å². The van der Waals surface area contributed by atoms with E-state index in [0.29, 0.717) is 19.8 Å². The van der Waals surface area contributed by atoms with Crippen molar-refractivity contribution < 1.29 is 19.1 Å². The van der Waals surface area contributed by atoms with Crippen molar-refractivity contribution in [2.24, 2.45) is 0 Å². The second-order valence-corrected chi connectivity index (χ2v) is 3.13. The number of carbonyl (C=O) groups is 2. The van der Waals surface area contributed by atoms with Gasteiger partial charge < -0.3 is 14.4 Å². The number of esters is 1. The molecule has 14 heavy (non-hydrogen) atoms. The average molecular weight is 222 g/mol. The number of morpholine rings is 1. The molecule has 6 heteroatoms. The van der Waals surface area contributed by atoms with Gasteiger partial charge in [-0.25, -0.2) is 4.79 Å². The highest BCUT2D eigenvalue weighted by Crippen LogP contribution is 2.09. The van der Waals surface area contributed by atoms with Gasteiger partial charge in [-0.2, -0.15) is 0 Å².